The molecule has 82 valence electrons. The molecule has 0 saturated heterocycles. The highest BCUT2D eigenvalue weighted by molar-refractivity contribution is 14.1. The summed E-state index contributed by atoms with van der Waals surface area (Å²) in [6.07, 6.45) is 0. The van der Waals surface area contributed by atoms with Crippen LogP contribution in [0.5, 0.6) is 5.75 Å². The molecule has 0 aromatic heterocycles. The van der Waals surface area contributed by atoms with Crippen molar-refractivity contribution in [3.8, 4) is 5.75 Å². The highest BCUT2D eigenvalue weighted by Crippen LogP contribution is 2.24. The van der Waals surface area contributed by atoms with Gasteiger partial charge in [-0.05, 0) is 46.4 Å². The lowest BCUT2D eigenvalue weighted by Gasteiger charge is -2.10. The third kappa shape index (κ3) is 3.77. The second-order valence-electron chi connectivity index (χ2n) is 3.37. The van der Waals surface area contributed by atoms with Crippen molar-refractivity contribution in [2.24, 2.45) is 0 Å². The number of carbonyl (C=O) groups excluding carboxylic acids is 1. The molecule has 2 nitrogen and oxygen atoms in total. The Hall–Kier alpha value is -0.650. The summed E-state index contributed by atoms with van der Waals surface area (Å²) in [5.41, 5.74) is 0.848. The molecule has 1 aromatic rings. The highest BCUT2D eigenvalue weighted by atomic mass is 127. The molecule has 1 aromatic carbocycles. The van der Waals surface area contributed by atoms with Gasteiger partial charge in [-0.2, -0.15) is 0 Å². The molecule has 1 rings (SSSR count). The second kappa shape index (κ2) is 5.44. The van der Waals surface area contributed by atoms with Crippen LogP contribution in [-0.4, -0.2) is 12.6 Å². The van der Waals surface area contributed by atoms with Crippen molar-refractivity contribution in [3.63, 3.8) is 0 Å². The summed E-state index contributed by atoms with van der Waals surface area (Å²) in [7, 11) is 0. The second-order valence-corrected chi connectivity index (χ2v) is 4.61. The van der Waals surface area contributed by atoms with Crippen LogP contribution in [0.25, 0.3) is 0 Å². The summed E-state index contributed by atoms with van der Waals surface area (Å²) in [5, 5.41) is 0. The third-order valence-electron chi connectivity index (χ3n) is 1.96. The topological polar surface area (TPSA) is 26.3 Å². The minimum atomic E-state index is -0.417. The van der Waals surface area contributed by atoms with Gasteiger partial charge < -0.3 is 4.74 Å². The van der Waals surface area contributed by atoms with E-state index in [0.29, 0.717) is 5.75 Å². The van der Waals surface area contributed by atoms with Crippen molar-refractivity contribution in [2.45, 2.75) is 19.8 Å². The molecule has 1 atom stereocenters. The Bertz CT molecular complexity index is 366. The van der Waals surface area contributed by atoms with Crippen LogP contribution in [0.2, 0.25) is 0 Å². The Balaban J connectivity index is 2.99. The lowest BCUT2D eigenvalue weighted by Crippen LogP contribution is -2.03. The van der Waals surface area contributed by atoms with Crippen LogP contribution in [0.3, 0.4) is 0 Å². The van der Waals surface area contributed by atoms with Gasteiger partial charge in [0.25, 0.3) is 0 Å². The summed E-state index contributed by atoms with van der Waals surface area (Å²) in [6.45, 7) is 2.72. The van der Waals surface area contributed by atoms with Crippen LogP contribution < -0.4 is 4.74 Å². The molecule has 0 radical (unpaired) electrons. The number of ether oxygens (including phenoxy) is 1. The van der Waals surface area contributed by atoms with Gasteiger partial charge in [-0.15, -0.1) is 0 Å². The van der Waals surface area contributed by atoms with Gasteiger partial charge in [0.15, 0.2) is 0 Å². The zero-order valence-electron chi connectivity index (χ0n) is 8.59. The summed E-state index contributed by atoms with van der Waals surface area (Å²) < 4.78 is 18.4. The summed E-state index contributed by atoms with van der Waals surface area (Å²) in [4.78, 5) is 10.8. The van der Waals surface area contributed by atoms with E-state index >= 15 is 0 Å². The van der Waals surface area contributed by atoms with Crippen molar-refractivity contribution in [2.75, 3.05) is 6.67 Å². The average Bonchev–Trinajstić information content (AvgIpc) is 2.14. The first-order chi connectivity index (χ1) is 7.02. The normalized spacial score (nSPS) is 12.3. The molecule has 0 saturated carbocycles. The number of halogens is 2. The molecule has 0 fully saturated rings. The predicted octanol–water partition coefficient (Wildman–Crippen LogP) is 3.29. The van der Waals surface area contributed by atoms with E-state index in [1.54, 1.807) is 19.1 Å². The number of hydrogen-bond acceptors (Lipinski definition) is 2. The average molecular weight is 322 g/mol. The van der Waals surface area contributed by atoms with Gasteiger partial charge >= 0.3 is 5.97 Å². The van der Waals surface area contributed by atoms with Gasteiger partial charge in [0.05, 0.1) is 6.67 Å². The number of esters is 1. The van der Waals surface area contributed by atoms with E-state index in [2.05, 4.69) is 22.6 Å². The van der Waals surface area contributed by atoms with E-state index in [0.717, 1.165) is 9.13 Å². The molecule has 4 heteroatoms. The Morgan fingerprint density at radius 1 is 1.53 bits per heavy atom. The van der Waals surface area contributed by atoms with Crippen LogP contribution in [0, 0.1) is 3.57 Å². The van der Waals surface area contributed by atoms with Crippen LogP contribution in [0.15, 0.2) is 18.2 Å². The quantitative estimate of drug-likeness (QED) is 0.485. The SMILES string of the molecule is CC(=O)Oc1cc(I)cc(C(C)CF)c1. The minimum Gasteiger partial charge on any atom is -0.427 e. The maximum Gasteiger partial charge on any atom is 0.308 e. The Labute approximate surface area is 102 Å². The van der Waals surface area contributed by atoms with Crippen LogP contribution in [0.4, 0.5) is 4.39 Å². The van der Waals surface area contributed by atoms with Gasteiger partial charge in [-0.25, -0.2) is 0 Å². The number of alkyl halides is 1. The fraction of sp³-hybridized carbons (Fsp3) is 0.364. The molecular weight excluding hydrogens is 310 g/mol. The number of rotatable bonds is 3. The van der Waals surface area contributed by atoms with Crippen LogP contribution in [-0.2, 0) is 4.79 Å². The Morgan fingerprint density at radius 3 is 2.73 bits per heavy atom. The summed E-state index contributed by atoms with van der Waals surface area (Å²) in [6, 6.07) is 5.34. The van der Waals surface area contributed by atoms with E-state index in [-0.39, 0.29) is 11.9 Å². The van der Waals surface area contributed by atoms with Crippen molar-refractivity contribution in [1.29, 1.82) is 0 Å². The van der Waals surface area contributed by atoms with E-state index in [1.807, 2.05) is 6.07 Å². The van der Waals surface area contributed by atoms with Gasteiger partial charge in [-0.3, -0.25) is 9.18 Å². The molecule has 0 heterocycles. The van der Waals surface area contributed by atoms with Crippen molar-refractivity contribution < 1.29 is 13.9 Å². The molecule has 15 heavy (non-hydrogen) atoms. The van der Waals surface area contributed by atoms with E-state index in [9.17, 15) is 9.18 Å². The molecule has 0 spiro atoms. The highest BCUT2D eigenvalue weighted by Gasteiger charge is 2.08. The van der Waals surface area contributed by atoms with Crippen molar-refractivity contribution in [1.82, 2.24) is 0 Å². The number of hydrogen-bond donors (Lipinski definition) is 0. The zero-order chi connectivity index (χ0) is 11.4. The third-order valence-corrected chi connectivity index (χ3v) is 2.58. The number of carbonyl (C=O) groups is 1. The maximum atomic E-state index is 12.5. The lowest BCUT2D eigenvalue weighted by atomic mass is 10.0. The molecule has 0 bridgehead atoms. The molecular formula is C11H12FIO2. The van der Waals surface area contributed by atoms with Gasteiger partial charge in [0, 0.05) is 16.4 Å². The maximum absolute atomic E-state index is 12.5. The first-order valence-electron chi connectivity index (χ1n) is 4.57. The summed E-state index contributed by atoms with van der Waals surface area (Å²) in [5.74, 6) is -0.0606. The fourth-order valence-electron chi connectivity index (χ4n) is 1.18. The van der Waals surface area contributed by atoms with Gasteiger partial charge in [0.1, 0.15) is 5.75 Å². The predicted molar refractivity (Wildman–Crippen MR) is 64.9 cm³/mol. The fourth-order valence-corrected chi connectivity index (χ4v) is 1.85. The molecule has 0 aliphatic heterocycles. The Morgan fingerprint density at radius 2 is 2.20 bits per heavy atom. The summed E-state index contributed by atoms with van der Waals surface area (Å²) >= 11 is 2.11. The monoisotopic (exact) mass is 322 g/mol. The van der Waals surface area contributed by atoms with Crippen molar-refractivity contribution in [3.05, 3.63) is 27.3 Å². The smallest absolute Gasteiger partial charge is 0.308 e. The largest absolute Gasteiger partial charge is 0.427 e. The van der Waals surface area contributed by atoms with E-state index in [1.165, 1.54) is 6.92 Å². The van der Waals surface area contributed by atoms with Gasteiger partial charge in [0.2, 0.25) is 0 Å². The standard InChI is InChI=1S/C11H12FIO2/c1-7(6-12)9-3-10(13)5-11(4-9)15-8(2)14/h3-5,7H,6H2,1-2H3. The molecule has 0 amide bonds. The van der Waals surface area contributed by atoms with E-state index < -0.39 is 6.67 Å². The first kappa shape index (κ1) is 12.4. The van der Waals surface area contributed by atoms with Gasteiger partial charge in [-0.1, -0.05) is 6.92 Å². The minimum absolute atomic E-state index is 0.172. The first-order valence-corrected chi connectivity index (χ1v) is 5.65. The van der Waals surface area contributed by atoms with Crippen molar-refractivity contribution >= 4 is 28.6 Å². The van der Waals surface area contributed by atoms with Crippen LogP contribution >= 0.6 is 22.6 Å². The van der Waals surface area contributed by atoms with E-state index in [4.69, 9.17) is 4.74 Å². The Kier molecular flexibility index (Phi) is 4.50. The zero-order valence-corrected chi connectivity index (χ0v) is 10.7. The number of benzene rings is 1. The molecule has 1 unspecified atom stereocenters. The molecule has 0 aliphatic rings. The van der Waals surface area contributed by atoms with Crippen LogP contribution in [0.1, 0.15) is 25.3 Å². The molecule has 0 N–H and O–H groups in total. The molecule has 0 aliphatic carbocycles. The lowest BCUT2D eigenvalue weighted by molar-refractivity contribution is -0.131.